The van der Waals surface area contributed by atoms with Crippen LogP contribution in [0.25, 0.3) is 0 Å². The molecule has 0 bridgehead atoms. The van der Waals surface area contributed by atoms with Crippen molar-refractivity contribution < 1.29 is 18.6 Å². The number of nitrogens with two attached hydrogens (primary N) is 1. The first kappa shape index (κ1) is 13.5. The van der Waals surface area contributed by atoms with E-state index in [2.05, 4.69) is 4.98 Å². The van der Waals surface area contributed by atoms with Gasteiger partial charge in [-0.15, -0.1) is 0 Å². The zero-order valence-electron chi connectivity index (χ0n) is 11.4. The molecule has 4 atom stereocenters. The van der Waals surface area contributed by atoms with E-state index < -0.39 is 35.4 Å². The van der Waals surface area contributed by atoms with Crippen molar-refractivity contribution in [2.24, 2.45) is 0 Å². The summed E-state index contributed by atoms with van der Waals surface area (Å²) < 4.78 is 31.7. The first-order valence-corrected chi connectivity index (χ1v) is 6.34. The van der Waals surface area contributed by atoms with Gasteiger partial charge in [0.2, 0.25) is 0 Å². The molecule has 1 aromatic heterocycles. The minimum Gasteiger partial charge on any atom is -0.381 e. The van der Waals surface area contributed by atoms with Crippen molar-refractivity contribution >= 4 is 5.82 Å². The van der Waals surface area contributed by atoms with Crippen LogP contribution >= 0.6 is 0 Å². The fourth-order valence-electron chi connectivity index (χ4n) is 2.64. The molecule has 2 N–H and O–H groups in total. The summed E-state index contributed by atoms with van der Waals surface area (Å²) in [6, 6.07) is 0. The summed E-state index contributed by atoms with van der Waals surface area (Å²) >= 11 is 0. The number of ether oxygens (including phenoxy) is 3. The Bertz CT molecular complexity index is 603. The zero-order chi connectivity index (χ0) is 14.7. The number of aromatic nitrogens is 2. The van der Waals surface area contributed by atoms with Crippen molar-refractivity contribution in [1.82, 2.24) is 9.55 Å². The maximum atomic E-state index is 13.5. The summed E-state index contributed by atoms with van der Waals surface area (Å²) in [4.78, 5) is 15.3. The lowest BCUT2D eigenvalue weighted by molar-refractivity contribution is -0.195. The summed E-state index contributed by atoms with van der Waals surface area (Å²) in [5.41, 5.74) is 4.58. The number of anilines is 1. The van der Waals surface area contributed by atoms with Crippen molar-refractivity contribution in [3.05, 3.63) is 22.5 Å². The highest BCUT2D eigenvalue weighted by atomic mass is 19.1. The van der Waals surface area contributed by atoms with E-state index in [0.29, 0.717) is 0 Å². The maximum Gasteiger partial charge on any atom is 0.351 e. The summed E-state index contributed by atoms with van der Waals surface area (Å²) in [6.07, 6.45) is -0.893. The summed E-state index contributed by atoms with van der Waals surface area (Å²) in [5.74, 6) is -1.98. The van der Waals surface area contributed by atoms with Crippen LogP contribution in [0.2, 0.25) is 0 Å². The lowest BCUT2D eigenvalue weighted by Gasteiger charge is -2.23. The average Bonchev–Trinajstić information content (AvgIpc) is 2.80. The van der Waals surface area contributed by atoms with E-state index in [0.717, 1.165) is 10.8 Å². The fourth-order valence-corrected chi connectivity index (χ4v) is 2.64. The molecule has 0 aliphatic carbocycles. The van der Waals surface area contributed by atoms with Crippen LogP contribution in [0.1, 0.15) is 27.0 Å². The van der Waals surface area contributed by atoms with Crippen LogP contribution < -0.4 is 11.4 Å². The number of nitrogen functional groups attached to an aromatic ring is 1. The van der Waals surface area contributed by atoms with Crippen molar-refractivity contribution in [1.29, 1.82) is 0 Å². The highest BCUT2D eigenvalue weighted by Gasteiger charge is 2.54. The monoisotopic (exact) mass is 285 g/mol. The molecule has 1 aromatic rings. The van der Waals surface area contributed by atoms with E-state index in [1.807, 2.05) is 6.92 Å². The van der Waals surface area contributed by atoms with Gasteiger partial charge in [-0.2, -0.15) is 4.98 Å². The number of nitrogens with zero attached hydrogens (tertiary/aromatic N) is 2. The van der Waals surface area contributed by atoms with E-state index >= 15 is 0 Å². The molecule has 3 heterocycles. The number of hydrogen-bond acceptors (Lipinski definition) is 6. The predicted octanol–water partition coefficient (Wildman–Crippen LogP) is 0.402. The number of hydrogen-bond donors (Lipinski definition) is 1. The molecule has 2 saturated heterocycles. The van der Waals surface area contributed by atoms with Crippen LogP contribution in [-0.2, 0) is 14.2 Å². The zero-order valence-corrected chi connectivity index (χ0v) is 11.4. The van der Waals surface area contributed by atoms with Crippen LogP contribution in [0.3, 0.4) is 0 Å². The molecule has 0 amide bonds. The molecule has 3 rings (SSSR count). The SMILES string of the molecule is C[C@H]1O[C@@H](n2cc(F)c(N)nc2=O)[C@@H]2OC(C)(C)O[C@H]21. The van der Waals surface area contributed by atoms with Gasteiger partial charge in [-0.3, -0.25) is 4.57 Å². The molecule has 0 aromatic carbocycles. The molecular formula is C12H16FN3O4. The first-order chi connectivity index (χ1) is 9.28. The van der Waals surface area contributed by atoms with Crippen LogP contribution in [0.4, 0.5) is 10.2 Å². The van der Waals surface area contributed by atoms with Crippen molar-refractivity contribution in [3.63, 3.8) is 0 Å². The Morgan fingerprint density at radius 2 is 2.05 bits per heavy atom. The maximum absolute atomic E-state index is 13.5. The van der Waals surface area contributed by atoms with Gasteiger partial charge in [0.05, 0.1) is 12.3 Å². The van der Waals surface area contributed by atoms with Gasteiger partial charge in [-0.1, -0.05) is 0 Å². The Labute approximate surface area is 114 Å². The van der Waals surface area contributed by atoms with Crippen molar-refractivity contribution in [2.75, 3.05) is 5.73 Å². The van der Waals surface area contributed by atoms with Crippen LogP contribution in [-0.4, -0.2) is 33.7 Å². The Kier molecular flexibility index (Phi) is 2.86. The molecule has 2 aliphatic rings. The van der Waals surface area contributed by atoms with Gasteiger partial charge in [0.15, 0.2) is 23.7 Å². The summed E-state index contributed by atoms with van der Waals surface area (Å²) in [7, 11) is 0. The van der Waals surface area contributed by atoms with E-state index in [9.17, 15) is 9.18 Å². The van der Waals surface area contributed by atoms with Gasteiger partial charge < -0.3 is 19.9 Å². The van der Waals surface area contributed by atoms with Gasteiger partial charge in [-0.05, 0) is 20.8 Å². The Hall–Kier alpha value is -1.51. The normalized spacial score (nSPS) is 35.2. The van der Waals surface area contributed by atoms with E-state index in [-0.39, 0.29) is 12.2 Å². The minimum atomic E-state index is -0.785. The molecule has 0 unspecified atom stereocenters. The Balaban J connectivity index is 1.99. The second-order valence-electron chi connectivity index (χ2n) is 5.46. The highest BCUT2D eigenvalue weighted by molar-refractivity contribution is 5.26. The molecule has 0 spiro atoms. The van der Waals surface area contributed by atoms with Crippen LogP contribution in [0.5, 0.6) is 0 Å². The molecule has 7 nitrogen and oxygen atoms in total. The standard InChI is InChI=1S/C12H16FN3O4/c1-5-7-8(20-12(2,3)19-7)10(18-5)16-4-6(13)9(14)15-11(16)17/h4-5,7-8,10H,1-3H3,(H2,14,15,17)/t5-,7+,8-,10-/m1/s1. The second kappa shape index (κ2) is 4.24. The highest BCUT2D eigenvalue weighted by Crippen LogP contribution is 2.42. The molecular weight excluding hydrogens is 269 g/mol. The quantitative estimate of drug-likeness (QED) is 0.803. The van der Waals surface area contributed by atoms with Gasteiger partial charge >= 0.3 is 5.69 Å². The molecule has 110 valence electrons. The minimum absolute atomic E-state index is 0.278. The molecule has 2 aliphatic heterocycles. The van der Waals surface area contributed by atoms with Gasteiger partial charge in [0.1, 0.15) is 12.2 Å². The Morgan fingerprint density at radius 1 is 1.40 bits per heavy atom. The lowest BCUT2D eigenvalue weighted by atomic mass is 10.1. The Morgan fingerprint density at radius 3 is 2.75 bits per heavy atom. The van der Waals surface area contributed by atoms with Gasteiger partial charge in [-0.25, -0.2) is 9.18 Å². The van der Waals surface area contributed by atoms with Gasteiger partial charge in [0, 0.05) is 0 Å². The number of fused-ring (bicyclic) bond motifs is 1. The number of halogens is 1. The second-order valence-corrected chi connectivity index (χ2v) is 5.46. The van der Waals surface area contributed by atoms with Crippen molar-refractivity contribution in [3.8, 4) is 0 Å². The molecule has 20 heavy (non-hydrogen) atoms. The first-order valence-electron chi connectivity index (χ1n) is 6.34. The lowest BCUT2D eigenvalue weighted by Crippen LogP contribution is -2.35. The molecule has 0 radical (unpaired) electrons. The molecule has 0 saturated carbocycles. The number of rotatable bonds is 1. The smallest absolute Gasteiger partial charge is 0.351 e. The van der Waals surface area contributed by atoms with E-state index in [1.165, 1.54) is 0 Å². The molecule has 8 heteroatoms. The van der Waals surface area contributed by atoms with Crippen LogP contribution in [0, 0.1) is 5.82 Å². The van der Waals surface area contributed by atoms with E-state index in [1.54, 1.807) is 13.8 Å². The largest absolute Gasteiger partial charge is 0.381 e. The third-order valence-corrected chi connectivity index (χ3v) is 3.47. The van der Waals surface area contributed by atoms with Crippen LogP contribution in [0.15, 0.2) is 11.0 Å². The predicted molar refractivity (Wildman–Crippen MR) is 66.3 cm³/mol. The van der Waals surface area contributed by atoms with Gasteiger partial charge in [0.25, 0.3) is 0 Å². The third-order valence-electron chi connectivity index (χ3n) is 3.47. The average molecular weight is 285 g/mol. The third kappa shape index (κ3) is 2.00. The summed E-state index contributed by atoms with van der Waals surface area (Å²) in [5, 5.41) is 0. The fraction of sp³-hybridized carbons (Fsp3) is 0.667. The molecule has 2 fully saturated rings. The van der Waals surface area contributed by atoms with Crippen molar-refractivity contribution in [2.45, 2.75) is 51.1 Å². The summed E-state index contributed by atoms with van der Waals surface area (Å²) in [6.45, 7) is 5.37. The topological polar surface area (TPSA) is 88.6 Å². The van der Waals surface area contributed by atoms with E-state index in [4.69, 9.17) is 19.9 Å².